The van der Waals surface area contributed by atoms with Gasteiger partial charge in [-0.1, -0.05) is 29.8 Å². The lowest BCUT2D eigenvalue weighted by Gasteiger charge is -2.17. The SMILES string of the molecule is N#Cc1cccc(COc2cccc(NC(=O)C3CCN(c4ccc(Cl)cc4)C3=O)c2)c1. The van der Waals surface area contributed by atoms with Crippen molar-refractivity contribution in [3.63, 3.8) is 0 Å². The molecule has 1 atom stereocenters. The van der Waals surface area contributed by atoms with Crippen molar-refractivity contribution in [1.82, 2.24) is 0 Å². The summed E-state index contributed by atoms with van der Waals surface area (Å²) in [7, 11) is 0. The second kappa shape index (κ2) is 9.54. The highest BCUT2D eigenvalue weighted by molar-refractivity contribution is 6.30. The van der Waals surface area contributed by atoms with Crippen molar-refractivity contribution in [3.8, 4) is 11.8 Å². The van der Waals surface area contributed by atoms with Crippen LogP contribution in [0.2, 0.25) is 5.02 Å². The Hall–Kier alpha value is -3.82. The standard InChI is InChI=1S/C25H20ClN3O3/c26-19-7-9-21(10-8-19)29-12-11-23(25(29)31)24(30)28-20-5-2-6-22(14-20)32-16-18-4-1-3-17(13-18)15-27/h1-10,13-14,23H,11-12,16H2,(H,28,30). The second-order valence-corrected chi connectivity index (χ2v) is 7.86. The van der Waals surface area contributed by atoms with E-state index in [0.717, 1.165) is 11.3 Å². The Morgan fingerprint density at radius 3 is 2.69 bits per heavy atom. The lowest BCUT2D eigenvalue weighted by Crippen LogP contribution is -2.33. The van der Waals surface area contributed by atoms with Crippen molar-refractivity contribution >= 4 is 34.8 Å². The van der Waals surface area contributed by atoms with E-state index in [1.165, 1.54) is 0 Å². The van der Waals surface area contributed by atoms with E-state index in [2.05, 4.69) is 11.4 Å². The maximum atomic E-state index is 12.8. The van der Waals surface area contributed by atoms with Crippen LogP contribution in [0.3, 0.4) is 0 Å². The summed E-state index contributed by atoms with van der Waals surface area (Å²) >= 11 is 5.92. The number of carbonyl (C=O) groups excluding carboxylic acids is 2. The summed E-state index contributed by atoms with van der Waals surface area (Å²) in [5.41, 5.74) is 2.72. The number of nitrogens with one attached hydrogen (secondary N) is 1. The predicted octanol–water partition coefficient (Wildman–Crippen LogP) is 4.78. The Bertz CT molecular complexity index is 1190. The molecule has 160 valence electrons. The van der Waals surface area contributed by atoms with Gasteiger partial charge in [0.25, 0.3) is 0 Å². The van der Waals surface area contributed by atoms with Gasteiger partial charge in [-0.15, -0.1) is 0 Å². The third-order valence-corrected chi connectivity index (χ3v) is 5.48. The summed E-state index contributed by atoms with van der Waals surface area (Å²) in [6.07, 6.45) is 0.443. The van der Waals surface area contributed by atoms with Gasteiger partial charge in [0.15, 0.2) is 0 Å². The summed E-state index contributed by atoms with van der Waals surface area (Å²) in [4.78, 5) is 27.2. The number of benzene rings is 3. The highest BCUT2D eigenvalue weighted by Gasteiger charge is 2.37. The molecule has 1 aliphatic rings. The monoisotopic (exact) mass is 445 g/mol. The van der Waals surface area contributed by atoms with Crippen LogP contribution in [0.5, 0.6) is 5.75 Å². The molecule has 0 aromatic heterocycles. The number of nitriles is 1. The number of anilines is 2. The van der Waals surface area contributed by atoms with Crippen LogP contribution in [0.1, 0.15) is 17.5 Å². The van der Waals surface area contributed by atoms with E-state index >= 15 is 0 Å². The number of nitrogens with zero attached hydrogens (tertiary/aromatic N) is 2. The fraction of sp³-hybridized carbons (Fsp3) is 0.160. The number of amides is 2. The van der Waals surface area contributed by atoms with Gasteiger partial charge in [0.05, 0.1) is 11.6 Å². The van der Waals surface area contributed by atoms with E-state index in [9.17, 15) is 9.59 Å². The average Bonchev–Trinajstić information content (AvgIpc) is 3.20. The molecule has 32 heavy (non-hydrogen) atoms. The van der Waals surface area contributed by atoms with Gasteiger partial charge < -0.3 is 15.0 Å². The van der Waals surface area contributed by atoms with Gasteiger partial charge in [0.1, 0.15) is 18.3 Å². The molecule has 0 radical (unpaired) electrons. The zero-order chi connectivity index (χ0) is 22.5. The molecule has 4 rings (SSSR count). The van der Waals surface area contributed by atoms with E-state index in [1.807, 2.05) is 6.07 Å². The fourth-order valence-electron chi connectivity index (χ4n) is 3.59. The molecule has 1 unspecified atom stereocenters. The Balaban J connectivity index is 1.38. The minimum atomic E-state index is -0.746. The van der Waals surface area contributed by atoms with Crippen molar-refractivity contribution in [2.24, 2.45) is 5.92 Å². The molecule has 1 aliphatic heterocycles. The zero-order valence-electron chi connectivity index (χ0n) is 17.1. The van der Waals surface area contributed by atoms with Crippen LogP contribution in [0, 0.1) is 17.2 Å². The molecule has 6 nitrogen and oxygen atoms in total. The molecular formula is C25H20ClN3O3. The predicted molar refractivity (Wildman–Crippen MR) is 122 cm³/mol. The van der Waals surface area contributed by atoms with Gasteiger partial charge in [-0.05, 0) is 60.5 Å². The Morgan fingerprint density at radius 2 is 1.91 bits per heavy atom. The van der Waals surface area contributed by atoms with Crippen LogP contribution in [0.4, 0.5) is 11.4 Å². The molecule has 0 spiro atoms. The van der Waals surface area contributed by atoms with Gasteiger partial charge in [-0.25, -0.2) is 0 Å². The maximum Gasteiger partial charge on any atom is 0.239 e. The van der Waals surface area contributed by atoms with Crippen molar-refractivity contribution in [2.45, 2.75) is 13.0 Å². The van der Waals surface area contributed by atoms with Crippen LogP contribution in [-0.2, 0) is 16.2 Å². The average molecular weight is 446 g/mol. The number of carbonyl (C=O) groups is 2. The highest BCUT2D eigenvalue weighted by atomic mass is 35.5. The molecule has 3 aromatic rings. The third kappa shape index (κ3) is 4.90. The minimum Gasteiger partial charge on any atom is -0.489 e. The molecular weight excluding hydrogens is 426 g/mol. The zero-order valence-corrected chi connectivity index (χ0v) is 17.9. The Labute approximate surface area is 191 Å². The third-order valence-electron chi connectivity index (χ3n) is 5.22. The first-order valence-corrected chi connectivity index (χ1v) is 10.5. The molecule has 1 heterocycles. The van der Waals surface area contributed by atoms with Crippen LogP contribution in [-0.4, -0.2) is 18.4 Å². The van der Waals surface area contributed by atoms with Crippen molar-refractivity contribution in [2.75, 3.05) is 16.8 Å². The first kappa shape index (κ1) is 21.4. The minimum absolute atomic E-state index is 0.227. The van der Waals surface area contributed by atoms with Crippen LogP contribution >= 0.6 is 11.6 Å². The first-order valence-electron chi connectivity index (χ1n) is 10.1. The maximum absolute atomic E-state index is 12.8. The smallest absolute Gasteiger partial charge is 0.239 e. The first-order chi connectivity index (χ1) is 15.5. The number of hydrogen-bond donors (Lipinski definition) is 1. The van der Waals surface area contributed by atoms with E-state index in [4.69, 9.17) is 21.6 Å². The summed E-state index contributed by atoms with van der Waals surface area (Å²) in [6, 6.07) is 23.3. The lowest BCUT2D eigenvalue weighted by molar-refractivity contribution is -0.129. The summed E-state index contributed by atoms with van der Waals surface area (Å²) in [6.45, 7) is 0.771. The molecule has 0 aliphatic carbocycles. The molecule has 1 saturated heterocycles. The van der Waals surface area contributed by atoms with Gasteiger partial charge in [-0.2, -0.15) is 5.26 Å². The Morgan fingerprint density at radius 1 is 1.12 bits per heavy atom. The van der Waals surface area contributed by atoms with Crippen molar-refractivity contribution in [1.29, 1.82) is 5.26 Å². The fourth-order valence-corrected chi connectivity index (χ4v) is 3.72. The molecule has 0 bridgehead atoms. The van der Waals surface area contributed by atoms with E-state index in [-0.39, 0.29) is 11.8 Å². The topological polar surface area (TPSA) is 82.4 Å². The van der Waals surface area contributed by atoms with Gasteiger partial charge in [-0.3, -0.25) is 9.59 Å². The van der Waals surface area contributed by atoms with E-state index in [0.29, 0.717) is 41.6 Å². The second-order valence-electron chi connectivity index (χ2n) is 7.43. The molecule has 2 amide bonds. The van der Waals surface area contributed by atoms with Gasteiger partial charge in [0, 0.05) is 29.0 Å². The molecule has 3 aromatic carbocycles. The number of ether oxygens (including phenoxy) is 1. The van der Waals surface area contributed by atoms with Crippen LogP contribution < -0.4 is 15.0 Å². The highest BCUT2D eigenvalue weighted by Crippen LogP contribution is 2.28. The molecule has 1 fully saturated rings. The normalized spacial score (nSPS) is 15.3. The summed E-state index contributed by atoms with van der Waals surface area (Å²) in [5.74, 6) is -0.741. The van der Waals surface area contributed by atoms with Crippen LogP contribution in [0.15, 0.2) is 72.8 Å². The number of halogens is 1. The quantitative estimate of drug-likeness (QED) is 0.553. The van der Waals surface area contributed by atoms with E-state index in [1.54, 1.807) is 71.6 Å². The number of rotatable bonds is 6. The Kier molecular flexibility index (Phi) is 6.39. The lowest BCUT2D eigenvalue weighted by atomic mass is 10.1. The van der Waals surface area contributed by atoms with Crippen LogP contribution in [0.25, 0.3) is 0 Å². The summed E-state index contributed by atoms with van der Waals surface area (Å²) < 4.78 is 5.80. The summed E-state index contributed by atoms with van der Waals surface area (Å²) in [5, 5.41) is 12.4. The van der Waals surface area contributed by atoms with Crippen molar-refractivity contribution in [3.05, 3.63) is 88.9 Å². The number of hydrogen-bond acceptors (Lipinski definition) is 4. The molecule has 7 heteroatoms. The molecule has 1 N–H and O–H groups in total. The van der Waals surface area contributed by atoms with Gasteiger partial charge >= 0.3 is 0 Å². The van der Waals surface area contributed by atoms with E-state index < -0.39 is 5.92 Å². The largest absolute Gasteiger partial charge is 0.489 e. The molecule has 0 saturated carbocycles. The van der Waals surface area contributed by atoms with Crippen molar-refractivity contribution < 1.29 is 14.3 Å². The van der Waals surface area contributed by atoms with Gasteiger partial charge in [0.2, 0.25) is 11.8 Å².